The number of rotatable bonds is 7. The fourth-order valence-electron chi connectivity index (χ4n) is 2.71. The van der Waals surface area contributed by atoms with E-state index in [1.54, 1.807) is 19.2 Å². The number of methoxy groups -OCH3 is 1. The van der Waals surface area contributed by atoms with Gasteiger partial charge in [0.1, 0.15) is 0 Å². The van der Waals surface area contributed by atoms with E-state index >= 15 is 0 Å². The van der Waals surface area contributed by atoms with Crippen LogP contribution in [0.4, 0.5) is 13.6 Å². The minimum Gasteiger partial charge on any atom is -0.493 e. The van der Waals surface area contributed by atoms with Gasteiger partial charge in [-0.15, -0.1) is 0 Å². The Balaban J connectivity index is 1.55. The summed E-state index contributed by atoms with van der Waals surface area (Å²) in [5.74, 6) is 1.45. The lowest BCUT2D eigenvalue weighted by Crippen LogP contribution is -2.36. The molecule has 2 amide bonds. The number of urea groups is 1. The number of hydrogen-bond donors (Lipinski definition) is 1. The fourth-order valence-corrected chi connectivity index (χ4v) is 2.71. The highest BCUT2D eigenvalue weighted by molar-refractivity contribution is 5.74. The van der Waals surface area contributed by atoms with Gasteiger partial charge >= 0.3 is 12.6 Å². The summed E-state index contributed by atoms with van der Waals surface area (Å²) < 4.78 is 44.8. The average Bonchev–Trinajstić information content (AvgIpc) is 3.14. The second-order valence-electron chi connectivity index (χ2n) is 6.07. The highest BCUT2D eigenvalue weighted by Gasteiger charge is 2.16. The van der Waals surface area contributed by atoms with Crippen LogP contribution in [0.15, 0.2) is 36.4 Å². The molecule has 0 fully saturated rings. The largest absolute Gasteiger partial charge is 0.493 e. The number of ether oxygens (including phenoxy) is 4. The predicted octanol–water partition coefficient (Wildman–Crippen LogP) is 3.37. The van der Waals surface area contributed by atoms with E-state index in [2.05, 4.69) is 10.1 Å². The number of halogens is 2. The molecule has 0 atom stereocenters. The molecule has 0 saturated carbocycles. The SMILES string of the molecule is COc1cc(CNC(=O)N(C)Cc2ccc3c(c2)OCO3)ccc1OC(F)F. The lowest BCUT2D eigenvalue weighted by Gasteiger charge is -2.18. The van der Waals surface area contributed by atoms with E-state index in [1.165, 1.54) is 24.1 Å². The standard InChI is InChI=1S/C19H20F2N2O5/c1-23(10-13-4-5-14-17(8-13)27-11-26-14)19(24)22-9-12-3-6-15(28-18(20)21)16(7-12)25-2/h3-8,18H,9-11H2,1-2H3,(H,22,24). The van der Waals surface area contributed by atoms with Crippen LogP contribution in [-0.2, 0) is 13.1 Å². The molecule has 150 valence electrons. The first kappa shape index (κ1) is 19.5. The van der Waals surface area contributed by atoms with Gasteiger partial charge in [-0.05, 0) is 35.4 Å². The normalized spacial score (nSPS) is 12.0. The maximum Gasteiger partial charge on any atom is 0.387 e. The molecular weight excluding hydrogens is 374 g/mol. The smallest absolute Gasteiger partial charge is 0.387 e. The molecule has 2 aromatic carbocycles. The van der Waals surface area contributed by atoms with Gasteiger partial charge in [0.2, 0.25) is 6.79 Å². The van der Waals surface area contributed by atoms with E-state index in [0.717, 1.165) is 5.56 Å². The first-order valence-corrected chi connectivity index (χ1v) is 8.45. The summed E-state index contributed by atoms with van der Waals surface area (Å²) in [5.41, 5.74) is 1.58. The molecule has 0 bridgehead atoms. The van der Waals surface area contributed by atoms with Gasteiger partial charge in [0.25, 0.3) is 0 Å². The molecule has 0 aromatic heterocycles. The number of fused-ring (bicyclic) bond motifs is 1. The number of carbonyl (C=O) groups excluding carboxylic acids is 1. The third-order valence-corrected chi connectivity index (χ3v) is 4.09. The Morgan fingerprint density at radius 1 is 1.14 bits per heavy atom. The molecule has 0 radical (unpaired) electrons. The third kappa shape index (κ3) is 4.73. The second-order valence-corrected chi connectivity index (χ2v) is 6.07. The zero-order valence-corrected chi connectivity index (χ0v) is 15.4. The summed E-state index contributed by atoms with van der Waals surface area (Å²) in [6, 6.07) is 9.71. The molecule has 9 heteroatoms. The summed E-state index contributed by atoms with van der Waals surface area (Å²) in [6.07, 6.45) is 0. The van der Waals surface area contributed by atoms with Crippen molar-refractivity contribution in [1.29, 1.82) is 0 Å². The molecule has 2 aromatic rings. The van der Waals surface area contributed by atoms with E-state index in [9.17, 15) is 13.6 Å². The molecule has 1 aliphatic heterocycles. The van der Waals surface area contributed by atoms with Crippen LogP contribution >= 0.6 is 0 Å². The molecule has 1 aliphatic rings. The van der Waals surface area contributed by atoms with E-state index in [4.69, 9.17) is 14.2 Å². The van der Waals surface area contributed by atoms with Crippen molar-refractivity contribution in [3.63, 3.8) is 0 Å². The van der Waals surface area contributed by atoms with E-state index in [0.29, 0.717) is 23.6 Å². The number of nitrogens with zero attached hydrogens (tertiary/aromatic N) is 1. The Hall–Kier alpha value is -3.23. The lowest BCUT2D eigenvalue weighted by molar-refractivity contribution is -0.0512. The topological polar surface area (TPSA) is 69.3 Å². The number of hydrogen-bond acceptors (Lipinski definition) is 5. The van der Waals surface area contributed by atoms with Gasteiger partial charge in [0.15, 0.2) is 23.0 Å². The Bertz CT molecular complexity index is 847. The summed E-state index contributed by atoms with van der Waals surface area (Å²) >= 11 is 0. The monoisotopic (exact) mass is 394 g/mol. The summed E-state index contributed by atoms with van der Waals surface area (Å²) in [7, 11) is 3.02. The summed E-state index contributed by atoms with van der Waals surface area (Å²) in [5, 5.41) is 2.77. The number of benzene rings is 2. The maximum atomic E-state index is 12.4. The zero-order valence-electron chi connectivity index (χ0n) is 15.4. The first-order chi connectivity index (χ1) is 13.5. The fraction of sp³-hybridized carbons (Fsp3) is 0.316. The van der Waals surface area contributed by atoms with E-state index in [-0.39, 0.29) is 30.9 Å². The van der Waals surface area contributed by atoms with E-state index < -0.39 is 6.61 Å². The minimum atomic E-state index is -2.94. The average molecular weight is 394 g/mol. The number of carbonyl (C=O) groups is 1. The van der Waals surface area contributed by atoms with Gasteiger partial charge < -0.3 is 29.2 Å². The van der Waals surface area contributed by atoms with Gasteiger partial charge in [0, 0.05) is 20.1 Å². The highest BCUT2D eigenvalue weighted by Crippen LogP contribution is 2.33. The molecule has 0 aliphatic carbocycles. The molecule has 3 rings (SSSR count). The van der Waals surface area contributed by atoms with Gasteiger partial charge in [-0.1, -0.05) is 12.1 Å². The molecule has 1 N–H and O–H groups in total. The predicted molar refractivity (Wildman–Crippen MR) is 95.9 cm³/mol. The number of alkyl halides is 2. The lowest BCUT2D eigenvalue weighted by atomic mass is 10.2. The molecule has 0 unspecified atom stereocenters. The van der Waals surface area contributed by atoms with Crippen LogP contribution < -0.4 is 24.3 Å². The highest BCUT2D eigenvalue weighted by atomic mass is 19.3. The number of nitrogens with one attached hydrogen (secondary N) is 1. The Kier molecular flexibility index (Phi) is 6.03. The van der Waals surface area contributed by atoms with Crippen molar-refractivity contribution < 1.29 is 32.5 Å². The van der Waals surface area contributed by atoms with Crippen molar-refractivity contribution in [3.8, 4) is 23.0 Å². The van der Waals surface area contributed by atoms with Crippen molar-refractivity contribution in [2.45, 2.75) is 19.7 Å². The van der Waals surface area contributed by atoms with Crippen LogP contribution in [0, 0.1) is 0 Å². The summed E-state index contributed by atoms with van der Waals surface area (Å²) in [6.45, 7) is -2.16. The van der Waals surface area contributed by atoms with E-state index in [1.807, 2.05) is 12.1 Å². The van der Waals surface area contributed by atoms with Crippen molar-refractivity contribution in [2.24, 2.45) is 0 Å². The van der Waals surface area contributed by atoms with Crippen LogP contribution in [0.3, 0.4) is 0 Å². The quantitative estimate of drug-likeness (QED) is 0.780. The van der Waals surface area contributed by atoms with Crippen molar-refractivity contribution in [1.82, 2.24) is 10.2 Å². The van der Waals surface area contributed by atoms with Gasteiger partial charge in [-0.2, -0.15) is 8.78 Å². The van der Waals surface area contributed by atoms with Crippen molar-refractivity contribution >= 4 is 6.03 Å². The molecule has 0 spiro atoms. The van der Waals surface area contributed by atoms with Crippen LogP contribution in [-0.4, -0.2) is 38.5 Å². The Labute approximate surface area is 160 Å². The van der Waals surface area contributed by atoms with Gasteiger partial charge in [-0.25, -0.2) is 4.79 Å². The third-order valence-electron chi connectivity index (χ3n) is 4.09. The molecule has 0 saturated heterocycles. The van der Waals surface area contributed by atoms with Gasteiger partial charge in [-0.3, -0.25) is 0 Å². The van der Waals surface area contributed by atoms with Crippen LogP contribution in [0.2, 0.25) is 0 Å². The first-order valence-electron chi connectivity index (χ1n) is 8.45. The Morgan fingerprint density at radius 2 is 1.89 bits per heavy atom. The summed E-state index contributed by atoms with van der Waals surface area (Å²) in [4.78, 5) is 13.8. The van der Waals surface area contributed by atoms with Crippen molar-refractivity contribution in [2.75, 3.05) is 21.0 Å². The molecular formula is C19H20F2N2O5. The molecule has 1 heterocycles. The molecule has 28 heavy (non-hydrogen) atoms. The minimum absolute atomic E-state index is 0.0625. The van der Waals surface area contributed by atoms with Crippen LogP contribution in [0.5, 0.6) is 23.0 Å². The zero-order chi connectivity index (χ0) is 20.1. The van der Waals surface area contributed by atoms with Crippen molar-refractivity contribution in [3.05, 3.63) is 47.5 Å². The van der Waals surface area contributed by atoms with Crippen LogP contribution in [0.25, 0.3) is 0 Å². The van der Waals surface area contributed by atoms with Gasteiger partial charge in [0.05, 0.1) is 7.11 Å². The Morgan fingerprint density at radius 3 is 2.64 bits per heavy atom. The molecule has 7 nitrogen and oxygen atoms in total. The second kappa shape index (κ2) is 8.64. The maximum absolute atomic E-state index is 12.4. The number of amides is 2. The van der Waals surface area contributed by atoms with Crippen LogP contribution in [0.1, 0.15) is 11.1 Å².